The van der Waals surface area contributed by atoms with E-state index in [1.165, 1.54) is 0 Å². The van der Waals surface area contributed by atoms with Gasteiger partial charge in [0.1, 0.15) is 0 Å². The molecule has 4 nitrogen and oxygen atoms in total. The lowest BCUT2D eigenvalue weighted by Crippen LogP contribution is -2.03. The maximum atomic E-state index is 12.6. The smallest absolute Gasteiger partial charge is 0.198 e. The minimum Gasteiger partial charge on any atom is -0.288 e. The molecular weight excluding hydrogens is 238 g/mol. The monoisotopic (exact) mass is 251 g/mol. The van der Waals surface area contributed by atoms with E-state index >= 15 is 0 Å². The van der Waals surface area contributed by atoms with Gasteiger partial charge in [-0.1, -0.05) is 18.2 Å². The van der Waals surface area contributed by atoms with Crippen molar-refractivity contribution in [2.24, 2.45) is 7.05 Å². The molecule has 1 aromatic carbocycles. The van der Waals surface area contributed by atoms with Crippen LogP contribution in [0.2, 0.25) is 0 Å². The van der Waals surface area contributed by atoms with E-state index in [1.54, 1.807) is 17.1 Å². The van der Waals surface area contributed by atoms with Gasteiger partial charge >= 0.3 is 0 Å². The maximum absolute atomic E-state index is 12.6. The van der Waals surface area contributed by atoms with Crippen LogP contribution < -0.4 is 0 Å². The summed E-state index contributed by atoms with van der Waals surface area (Å²) in [4.78, 5) is 16.9. The Morgan fingerprint density at radius 3 is 2.68 bits per heavy atom. The zero-order valence-electron chi connectivity index (χ0n) is 10.8. The number of rotatable bonds is 2. The predicted octanol–water partition coefficient (Wildman–Crippen LogP) is 2.51. The van der Waals surface area contributed by atoms with E-state index in [2.05, 4.69) is 10.1 Å². The molecule has 4 heteroatoms. The van der Waals surface area contributed by atoms with Crippen molar-refractivity contribution in [2.45, 2.75) is 6.92 Å². The van der Waals surface area contributed by atoms with Gasteiger partial charge in [-0.3, -0.25) is 14.5 Å². The molecule has 0 unspecified atom stereocenters. The number of hydrogen-bond acceptors (Lipinski definition) is 3. The molecule has 0 amide bonds. The van der Waals surface area contributed by atoms with Crippen molar-refractivity contribution in [3.63, 3.8) is 0 Å². The highest BCUT2D eigenvalue weighted by Crippen LogP contribution is 2.20. The van der Waals surface area contributed by atoms with Gasteiger partial charge in [0.25, 0.3) is 0 Å². The second-order valence-electron chi connectivity index (χ2n) is 4.51. The number of benzene rings is 1. The van der Waals surface area contributed by atoms with E-state index in [4.69, 9.17) is 0 Å². The molecule has 0 radical (unpaired) electrons. The van der Waals surface area contributed by atoms with E-state index in [0.29, 0.717) is 11.1 Å². The predicted molar refractivity (Wildman–Crippen MR) is 73.1 cm³/mol. The quantitative estimate of drug-likeness (QED) is 0.657. The van der Waals surface area contributed by atoms with Crippen LogP contribution in [0.4, 0.5) is 0 Å². The van der Waals surface area contributed by atoms with Crippen molar-refractivity contribution in [3.8, 4) is 0 Å². The first kappa shape index (κ1) is 11.6. The molecule has 0 N–H and O–H groups in total. The first-order valence-electron chi connectivity index (χ1n) is 6.05. The van der Waals surface area contributed by atoms with Crippen molar-refractivity contribution in [1.29, 1.82) is 0 Å². The SMILES string of the molecule is Cc1nn(C)cc1C(=O)c1cccc2cccnc12. The molecule has 0 saturated carbocycles. The van der Waals surface area contributed by atoms with Gasteiger partial charge in [0.2, 0.25) is 0 Å². The molecule has 2 heterocycles. The van der Waals surface area contributed by atoms with Gasteiger partial charge in [0.15, 0.2) is 5.78 Å². The van der Waals surface area contributed by atoms with Crippen LogP contribution in [0.15, 0.2) is 42.7 Å². The molecule has 94 valence electrons. The Labute approximate surface area is 110 Å². The number of fused-ring (bicyclic) bond motifs is 1. The van der Waals surface area contributed by atoms with Gasteiger partial charge in [0, 0.05) is 30.4 Å². The van der Waals surface area contributed by atoms with Gasteiger partial charge in [0.05, 0.1) is 16.8 Å². The van der Waals surface area contributed by atoms with Crippen LogP contribution in [0.5, 0.6) is 0 Å². The van der Waals surface area contributed by atoms with Gasteiger partial charge < -0.3 is 0 Å². The summed E-state index contributed by atoms with van der Waals surface area (Å²) in [5.74, 6) is -0.0325. The Bertz CT molecular complexity index is 769. The summed E-state index contributed by atoms with van der Waals surface area (Å²) in [6.45, 7) is 1.84. The summed E-state index contributed by atoms with van der Waals surface area (Å²) in [5, 5.41) is 5.18. The Morgan fingerprint density at radius 1 is 1.16 bits per heavy atom. The van der Waals surface area contributed by atoms with E-state index in [-0.39, 0.29) is 5.78 Å². The van der Waals surface area contributed by atoms with Crippen LogP contribution in [0, 0.1) is 6.92 Å². The fourth-order valence-corrected chi connectivity index (χ4v) is 2.26. The summed E-state index contributed by atoms with van der Waals surface area (Å²) >= 11 is 0. The summed E-state index contributed by atoms with van der Waals surface area (Å²) in [6, 6.07) is 9.46. The standard InChI is InChI=1S/C15H13N3O/c1-10-13(9-18(2)17-10)15(19)12-7-3-5-11-6-4-8-16-14(11)12/h3-9H,1-2H3. The Hall–Kier alpha value is -2.49. The van der Waals surface area contributed by atoms with Crippen LogP contribution in [-0.2, 0) is 7.05 Å². The molecule has 0 saturated heterocycles. The molecule has 3 rings (SSSR count). The summed E-state index contributed by atoms with van der Waals surface area (Å²) in [7, 11) is 1.81. The Kier molecular flexibility index (Phi) is 2.63. The highest BCUT2D eigenvalue weighted by Gasteiger charge is 2.17. The average Bonchev–Trinajstić information content (AvgIpc) is 2.76. The van der Waals surface area contributed by atoms with Crippen LogP contribution >= 0.6 is 0 Å². The molecule has 0 aliphatic rings. The van der Waals surface area contributed by atoms with Gasteiger partial charge in [-0.15, -0.1) is 0 Å². The van der Waals surface area contributed by atoms with E-state index in [1.807, 2.05) is 44.3 Å². The van der Waals surface area contributed by atoms with Crippen molar-refractivity contribution in [1.82, 2.24) is 14.8 Å². The molecule has 0 aliphatic carbocycles. The molecule has 0 atom stereocenters. The molecular formula is C15H13N3O. The molecule has 3 aromatic rings. The fraction of sp³-hybridized carbons (Fsp3) is 0.133. The molecule has 0 aliphatic heterocycles. The van der Waals surface area contributed by atoms with Crippen LogP contribution in [0.3, 0.4) is 0 Å². The van der Waals surface area contributed by atoms with Crippen molar-refractivity contribution in [3.05, 3.63) is 59.5 Å². The number of hydrogen-bond donors (Lipinski definition) is 0. The van der Waals surface area contributed by atoms with E-state index in [9.17, 15) is 4.79 Å². The third-order valence-corrected chi connectivity index (χ3v) is 3.14. The van der Waals surface area contributed by atoms with Crippen molar-refractivity contribution < 1.29 is 4.79 Å². The Balaban J connectivity index is 2.19. The molecule has 0 spiro atoms. The second kappa shape index (κ2) is 4.31. The van der Waals surface area contributed by atoms with Gasteiger partial charge in [-0.05, 0) is 19.1 Å². The normalized spacial score (nSPS) is 10.8. The lowest BCUT2D eigenvalue weighted by Gasteiger charge is -2.03. The largest absolute Gasteiger partial charge is 0.288 e. The first-order chi connectivity index (χ1) is 9.16. The van der Waals surface area contributed by atoms with Crippen LogP contribution in [-0.4, -0.2) is 20.5 Å². The molecule has 2 aromatic heterocycles. The summed E-state index contributed by atoms with van der Waals surface area (Å²) in [5.41, 5.74) is 2.72. The molecule has 0 fully saturated rings. The number of carbonyl (C=O) groups is 1. The fourth-order valence-electron chi connectivity index (χ4n) is 2.26. The zero-order valence-corrected chi connectivity index (χ0v) is 10.8. The number of carbonyl (C=O) groups excluding carboxylic acids is 1. The third kappa shape index (κ3) is 1.91. The number of aromatic nitrogens is 3. The number of ketones is 1. The molecule has 0 bridgehead atoms. The number of nitrogens with zero attached hydrogens (tertiary/aromatic N) is 3. The van der Waals surface area contributed by atoms with Crippen molar-refractivity contribution in [2.75, 3.05) is 0 Å². The number of para-hydroxylation sites is 1. The maximum Gasteiger partial charge on any atom is 0.198 e. The third-order valence-electron chi connectivity index (χ3n) is 3.14. The highest BCUT2D eigenvalue weighted by molar-refractivity contribution is 6.15. The van der Waals surface area contributed by atoms with E-state index < -0.39 is 0 Å². The van der Waals surface area contributed by atoms with E-state index in [0.717, 1.165) is 16.6 Å². The number of pyridine rings is 1. The summed E-state index contributed by atoms with van der Waals surface area (Å²) in [6.07, 6.45) is 3.45. The first-order valence-corrected chi connectivity index (χ1v) is 6.05. The summed E-state index contributed by atoms with van der Waals surface area (Å²) < 4.78 is 1.65. The lowest BCUT2D eigenvalue weighted by molar-refractivity contribution is 0.103. The zero-order chi connectivity index (χ0) is 13.4. The minimum absolute atomic E-state index is 0.0325. The minimum atomic E-state index is -0.0325. The highest BCUT2D eigenvalue weighted by atomic mass is 16.1. The second-order valence-corrected chi connectivity index (χ2v) is 4.51. The topological polar surface area (TPSA) is 47.8 Å². The lowest BCUT2D eigenvalue weighted by atomic mass is 10.0. The van der Waals surface area contributed by atoms with Gasteiger partial charge in [-0.25, -0.2) is 0 Å². The van der Waals surface area contributed by atoms with Gasteiger partial charge in [-0.2, -0.15) is 5.10 Å². The number of aryl methyl sites for hydroxylation is 2. The average molecular weight is 251 g/mol. The van der Waals surface area contributed by atoms with Crippen LogP contribution in [0.25, 0.3) is 10.9 Å². The Morgan fingerprint density at radius 2 is 1.95 bits per heavy atom. The van der Waals surface area contributed by atoms with Crippen LogP contribution in [0.1, 0.15) is 21.6 Å². The molecule has 19 heavy (non-hydrogen) atoms. The van der Waals surface area contributed by atoms with Crippen molar-refractivity contribution >= 4 is 16.7 Å².